The minimum Gasteiger partial charge on any atom is -0.497 e. The van der Waals surface area contributed by atoms with Gasteiger partial charge in [-0.05, 0) is 25.2 Å². The molecule has 0 bridgehead atoms. The third-order valence-electron chi connectivity index (χ3n) is 4.30. The van der Waals surface area contributed by atoms with Crippen molar-refractivity contribution < 1.29 is 19.0 Å². The molecule has 0 radical (unpaired) electrons. The lowest BCUT2D eigenvalue weighted by molar-refractivity contribution is 0.0543. The van der Waals surface area contributed by atoms with Gasteiger partial charge in [-0.15, -0.1) is 0 Å². The fourth-order valence-electron chi connectivity index (χ4n) is 2.69. The molecule has 1 saturated heterocycles. The van der Waals surface area contributed by atoms with E-state index in [0.29, 0.717) is 23.7 Å². The summed E-state index contributed by atoms with van der Waals surface area (Å²) in [5.74, 6) is 2.04. The second-order valence-electron chi connectivity index (χ2n) is 6.16. The molecule has 6 nitrogen and oxygen atoms in total. The van der Waals surface area contributed by atoms with Crippen LogP contribution in [-0.2, 0) is 4.74 Å². The van der Waals surface area contributed by atoms with Crippen molar-refractivity contribution in [3.8, 4) is 11.5 Å². The highest BCUT2D eigenvalue weighted by atomic mass is 16.5. The van der Waals surface area contributed by atoms with E-state index in [0.717, 1.165) is 25.5 Å². The van der Waals surface area contributed by atoms with Crippen LogP contribution in [0.4, 0.5) is 10.5 Å². The predicted octanol–water partition coefficient (Wildman–Crippen LogP) is 2.74. The van der Waals surface area contributed by atoms with Crippen LogP contribution in [0.25, 0.3) is 0 Å². The van der Waals surface area contributed by atoms with Gasteiger partial charge in [0.2, 0.25) is 0 Å². The number of carbonyl (C=O) groups is 1. The van der Waals surface area contributed by atoms with Gasteiger partial charge in [0.15, 0.2) is 0 Å². The second kappa shape index (κ2) is 7.08. The van der Waals surface area contributed by atoms with Crippen molar-refractivity contribution in [3.63, 3.8) is 0 Å². The molecule has 3 rings (SSSR count). The number of likely N-dealkylation sites (tertiary alicyclic amines) is 1. The molecule has 1 heterocycles. The Labute approximate surface area is 136 Å². The molecule has 23 heavy (non-hydrogen) atoms. The van der Waals surface area contributed by atoms with E-state index < -0.39 is 0 Å². The standard InChI is InChI=1S/C17H24N2O4/c1-21-15-7-13(8-16(9-15)22-2)18-17(20)19-6-5-14(10-19)23-11-12-3-4-12/h7-9,12,14H,3-6,10-11H2,1-2H3,(H,18,20). The van der Waals surface area contributed by atoms with Gasteiger partial charge in [-0.3, -0.25) is 0 Å². The molecule has 1 unspecified atom stereocenters. The number of carbonyl (C=O) groups excluding carboxylic acids is 1. The fourth-order valence-corrected chi connectivity index (χ4v) is 2.69. The average Bonchev–Trinajstić information content (AvgIpc) is 3.28. The predicted molar refractivity (Wildman–Crippen MR) is 87.2 cm³/mol. The lowest BCUT2D eigenvalue weighted by Gasteiger charge is -2.18. The maximum Gasteiger partial charge on any atom is 0.321 e. The lowest BCUT2D eigenvalue weighted by atomic mass is 10.3. The van der Waals surface area contributed by atoms with Crippen molar-refractivity contribution in [2.45, 2.75) is 25.4 Å². The topological polar surface area (TPSA) is 60.0 Å². The molecule has 1 aliphatic carbocycles. The largest absolute Gasteiger partial charge is 0.497 e. The highest BCUT2D eigenvalue weighted by Gasteiger charge is 2.29. The zero-order valence-electron chi connectivity index (χ0n) is 13.7. The van der Waals surface area contributed by atoms with Crippen molar-refractivity contribution in [3.05, 3.63) is 18.2 Å². The Hall–Kier alpha value is -1.95. The van der Waals surface area contributed by atoms with E-state index in [4.69, 9.17) is 14.2 Å². The maximum atomic E-state index is 12.4. The fraction of sp³-hybridized carbons (Fsp3) is 0.588. The highest BCUT2D eigenvalue weighted by Crippen LogP contribution is 2.30. The molecule has 0 aromatic heterocycles. The summed E-state index contributed by atoms with van der Waals surface area (Å²) in [6.07, 6.45) is 3.64. The summed E-state index contributed by atoms with van der Waals surface area (Å²) in [6.45, 7) is 2.22. The Morgan fingerprint density at radius 1 is 1.17 bits per heavy atom. The Bertz CT molecular complexity index is 537. The molecule has 2 fully saturated rings. The van der Waals surface area contributed by atoms with Gasteiger partial charge < -0.3 is 24.4 Å². The van der Waals surface area contributed by atoms with Gasteiger partial charge in [0.05, 0.1) is 20.3 Å². The molecule has 0 spiro atoms. The maximum absolute atomic E-state index is 12.4. The number of anilines is 1. The molecule has 1 aromatic rings. The van der Waals surface area contributed by atoms with Crippen LogP contribution in [-0.4, -0.2) is 51.0 Å². The first-order valence-corrected chi connectivity index (χ1v) is 8.08. The van der Waals surface area contributed by atoms with Gasteiger partial charge in [0, 0.05) is 43.6 Å². The van der Waals surface area contributed by atoms with E-state index >= 15 is 0 Å². The van der Waals surface area contributed by atoms with Crippen LogP contribution in [0.2, 0.25) is 0 Å². The number of amides is 2. The van der Waals surface area contributed by atoms with E-state index in [9.17, 15) is 4.79 Å². The van der Waals surface area contributed by atoms with Crippen molar-refractivity contribution in [2.24, 2.45) is 5.92 Å². The zero-order valence-corrected chi connectivity index (χ0v) is 13.7. The molecule has 1 aliphatic heterocycles. The number of methoxy groups -OCH3 is 2. The molecule has 126 valence electrons. The van der Waals surface area contributed by atoms with Crippen molar-refractivity contribution in [1.29, 1.82) is 0 Å². The Kier molecular flexibility index (Phi) is 4.91. The normalized spacial score (nSPS) is 20.4. The first-order valence-electron chi connectivity index (χ1n) is 8.08. The summed E-state index contributed by atoms with van der Waals surface area (Å²) in [4.78, 5) is 14.2. The zero-order chi connectivity index (χ0) is 16.2. The van der Waals surface area contributed by atoms with Crippen LogP contribution in [0.15, 0.2) is 18.2 Å². The summed E-state index contributed by atoms with van der Waals surface area (Å²) < 4.78 is 16.3. The molecule has 1 atom stereocenters. The monoisotopic (exact) mass is 320 g/mol. The molecular weight excluding hydrogens is 296 g/mol. The summed E-state index contributed by atoms with van der Waals surface area (Å²) in [5, 5.41) is 2.90. The number of benzene rings is 1. The SMILES string of the molecule is COc1cc(NC(=O)N2CCC(OCC3CC3)C2)cc(OC)c1. The van der Waals surface area contributed by atoms with E-state index in [2.05, 4.69) is 5.32 Å². The van der Waals surface area contributed by atoms with Gasteiger partial charge in [-0.1, -0.05) is 0 Å². The van der Waals surface area contributed by atoms with E-state index in [1.165, 1.54) is 12.8 Å². The van der Waals surface area contributed by atoms with Crippen LogP contribution in [0.3, 0.4) is 0 Å². The number of ether oxygens (including phenoxy) is 3. The van der Waals surface area contributed by atoms with Gasteiger partial charge in [0.25, 0.3) is 0 Å². The Balaban J connectivity index is 1.54. The molecule has 2 amide bonds. The number of nitrogens with zero attached hydrogens (tertiary/aromatic N) is 1. The van der Waals surface area contributed by atoms with Crippen LogP contribution in [0, 0.1) is 5.92 Å². The molecular formula is C17H24N2O4. The number of rotatable bonds is 6. The van der Waals surface area contributed by atoms with Crippen molar-refractivity contribution in [1.82, 2.24) is 4.90 Å². The first kappa shape index (κ1) is 15.9. The summed E-state index contributed by atoms with van der Waals surface area (Å²) in [6, 6.07) is 5.21. The Morgan fingerprint density at radius 3 is 2.48 bits per heavy atom. The highest BCUT2D eigenvalue weighted by molar-refractivity contribution is 5.90. The quantitative estimate of drug-likeness (QED) is 0.875. The minimum atomic E-state index is -0.113. The lowest BCUT2D eigenvalue weighted by Crippen LogP contribution is -2.34. The summed E-state index contributed by atoms with van der Waals surface area (Å²) >= 11 is 0. The molecule has 1 saturated carbocycles. The minimum absolute atomic E-state index is 0.113. The van der Waals surface area contributed by atoms with Gasteiger partial charge >= 0.3 is 6.03 Å². The van der Waals surface area contributed by atoms with Gasteiger partial charge in [-0.25, -0.2) is 4.79 Å². The number of urea groups is 1. The number of hydrogen-bond donors (Lipinski definition) is 1. The molecule has 2 aliphatic rings. The number of hydrogen-bond acceptors (Lipinski definition) is 4. The van der Waals surface area contributed by atoms with Gasteiger partial charge in [-0.2, -0.15) is 0 Å². The van der Waals surface area contributed by atoms with Crippen LogP contribution in [0.1, 0.15) is 19.3 Å². The number of nitrogens with one attached hydrogen (secondary N) is 1. The van der Waals surface area contributed by atoms with E-state index in [-0.39, 0.29) is 12.1 Å². The van der Waals surface area contributed by atoms with Gasteiger partial charge in [0.1, 0.15) is 11.5 Å². The van der Waals surface area contributed by atoms with Crippen LogP contribution >= 0.6 is 0 Å². The van der Waals surface area contributed by atoms with Crippen LogP contribution < -0.4 is 14.8 Å². The van der Waals surface area contributed by atoms with E-state index in [1.54, 1.807) is 37.3 Å². The smallest absolute Gasteiger partial charge is 0.321 e. The third kappa shape index (κ3) is 4.28. The Morgan fingerprint density at radius 2 is 1.87 bits per heavy atom. The van der Waals surface area contributed by atoms with E-state index in [1.807, 2.05) is 0 Å². The molecule has 1 N–H and O–H groups in total. The van der Waals surface area contributed by atoms with Crippen molar-refractivity contribution >= 4 is 11.7 Å². The van der Waals surface area contributed by atoms with Crippen molar-refractivity contribution in [2.75, 3.05) is 39.2 Å². The third-order valence-corrected chi connectivity index (χ3v) is 4.30. The first-order chi connectivity index (χ1) is 11.2. The molecule has 6 heteroatoms. The van der Waals surface area contributed by atoms with Crippen LogP contribution in [0.5, 0.6) is 11.5 Å². The molecule has 1 aromatic carbocycles. The summed E-state index contributed by atoms with van der Waals surface area (Å²) in [7, 11) is 3.17. The second-order valence-corrected chi connectivity index (χ2v) is 6.16. The summed E-state index contributed by atoms with van der Waals surface area (Å²) in [5.41, 5.74) is 0.661. The average molecular weight is 320 g/mol.